The van der Waals surface area contributed by atoms with Crippen LogP contribution in [0.3, 0.4) is 0 Å². The average Bonchev–Trinajstić information content (AvgIpc) is 2.42. The van der Waals surface area contributed by atoms with Crippen molar-refractivity contribution >= 4 is 6.09 Å². The fourth-order valence-corrected chi connectivity index (χ4v) is 2.38. The summed E-state index contributed by atoms with van der Waals surface area (Å²) < 4.78 is 0. The Balaban J connectivity index is 2.02. The zero-order valence-electron chi connectivity index (χ0n) is 6.99. The van der Waals surface area contributed by atoms with Gasteiger partial charge in [0.1, 0.15) is 0 Å². The summed E-state index contributed by atoms with van der Waals surface area (Å²) in [4.78, 5) is 12.1. The standard InChI is InChI=1S/C9H13NO2/c1-6-2-7-4-10(9(11)12)5-8(7)3-6/h7-8H,1-5H2,(H,11,12). The van der Waals surface area contributed by atoms with Crippen molar-refractivity contribution in [2.45, 2.75) is 12.8 Å². The minimum Gasteiger partial charge on any atom is -0.465 e. The lowest BCUT2D eigenvalue weighted by molar-refractivity contribution is 0.152. The summed E-state index contributed by atoms with van der Waals surface area (Å²) in [5.41, 5.74) is 1.30. The van der Waals surface area contributed by atoms with E-state index in [1.54, 1.807) is 0 Å². The van der Waals surface area contributed by atoms with Gasteiger partial charge in [-0.25, -0.2) is 4.79 Å². The van der Waals surface area contributed by atoms with Crippen LogP contribution in [0.15, 0.2) is 12.2 Å². The number of hydrogen-bond acceptors (Lipinski definition) is 1. The molecule has 2 rings (SSSR count). The monoisotopic (exact) mass is 167 g/mol. The van der Waals surface area contributed by atoms with Crippen molar-refractivity contribution < 1.29 is 9.90 Å². The number of nitrogens with zero attached hydrogens (tertiary/aromatic N) is 1. The van der Waals surface area contributed by atoms with Crippen LogP contribution >= 0.6 is 0 Å². The highest BCUT2D eigenvalue weighted by Crippen LogP contribution is 2.40. The van der Waals surface area contributed by atoms with Crippen molar-refractivity contribution in [3.63, 3.8) is 0 Å². The molecular weight excluding hydrogens is 154 g/mol. The first-order chi connectivity index (χ1) is 5.66. The molecule has 2 aliphatic rings. The van der Waals surface area contributed by atoms with Gasteiger partial charge >= 0.3 is 6.09 Å². The molecule has 2 fully saturated rings. The first-order valence-corrected chi connectivity index (χ1v) is 4.31. The third-order valence-corrected chi connectivity index (χ3v) is 2.95. The summed E-state index contributed by atoms with van der Waals surface area (Å²) in [7, 11) is 0. The SMILES string of the molecule is C=C1CC2CN(C(=O)O)CC2C1. The maximum absolute atomic E-state index is 10.6. The van der Waals surface area contributed by atoms with Crippen LogP contribution in [0.25, 0.3) is 0 Å². The Morgan fingerprint density at radius 2 is 1.92 bits per heavy atom. The molecular formula is C9H13NO2. The fourth-order valence-electron chi connectivity index (χ4n) is 2.38. The lowest BCUT2D eigenvalue weighted by atomic mass is 10.0. The van der Waals surface area contributed by atoms with Crippen LogP contribution < -0.4 is 0 Å². The lowest BCUT2D eigenvalue weighted by Crippen LogP contribution is -2.27. The fraction of sp³-hybridized carbons (Fsp3) is 0.667. The van der Waals surface area contributed by atoms with E-state index in [1.165, 1.54) is 10.5 Å². The highest BCUT2D eigenvalue weighted by atomic mass is 16.4. The number of amides is 1. The zero-order chi connectivity index (χ0) is 8.72. The second kappa shape index (κ2) is 2.51. The molecule has 3 nitrogen and oxygen atoms in total. The molecule has 0 bridgehead atoms. The van der Waals surface area contributed by atoms with Crippen LogP contribution in [-0.2, 0) is 0 Å². The largest absolute Gasteiger partial charge is 0.465 e. The van der Waals surface area contributed by atoms with Crippen LogP contribution in [0.4, 0.5) is 4.79 Å². The van der Waals surface area contributed by atoms with Crippen molar-refractivity contribution in [3.8, 4) is 0 Å². The molecule has 2 atom stereocenters. The van der Waals surface area contributed by atoms with Gasteiger partial charge in [-0.05, 0) is 24.7 Å². The van der Waals surface area contributed by atoms with Crippen LogP contribution in [0.1, 0.15) is 12.8 Å². The molecule has 0 aromatic carbocycles. The molecule has 0 radical (unpaired) electrons. The minimum atomic E-state index is -0.769. The van der Waals surface area contributed by atoms with Gasteiger partial charge in [-0.15, -0.1) is 0 Å². The Hall–Kier alpha value is -0.990. The van der Waals surface area contributed by atoms with Crippen molar-refractivity contribution in [2.75, 3.05) is 13.1 Å². The summed E-state index contributed by atoms with van der Waals surface area (Å²) in [6.07, 6.45) is 1.30. The number of allylic oxidation sites excluding steroid dienone is 1. The van der Waals surface area contributed by atoms with Gasteiger partial charge in [0.2, 0.25) is 0 Å². The van der Waals surface area contributed by atoms with Crippen LogP contribution in [0.5, 0.6) is 0 Å². The lowest BCUT2D eigenvalue weighted by Gasteiger charge is -2.12. The smallest absolute Gasteiger partial charge is 0.407 e. The van der Waals surface area contributed by atoms with E-state index in [0.29, 0.717) is 11.8 Å². The zero-order valence-corrected chi connectivity index (χ0v) is 6.99. The molecule has 12 heavy (non-hydrogen) atoms. The van der Waals surface area contributed by atoms with Gasteiger partial charge in [-0.3, -0.25) is 0 Å². The van der Waals surface area contributed by atoms with Gasteiger partial charge in [-0.1, -0.05) is 12.2 Å². The Morgan fingerprint density at radius 3 is 2.33 bits per heavy atom. The molecule has 1 heterocycles. The highest BCUT2D eigenvalue weighted by molar-refractivity contribution is 5.65. The van der Waals surface area contributed by atoms with Gasteiger partial charge < -0.3 is 10.0 Å². The Morgan fingerprint density at radius 1 is 1.42 bits per heavy atom. The van der Waals surface area contributed by atoms with Crippen LogP contribution in [-0.4, -0.2) is 29.2 Å². The third kappa shape index (κ3) is 1.09. The van der Waals surface area contributed by atoms with Gasteiger partial charge in [0, 0.05) is 13.1 Å². The van der Waals surface area contributed by atoms with E-state index >= 15 is 0 Å². The highest BCUT2D eigenvalue weighted by Gasteiger charge is 2.39. The van der Waals surface area contributed by atoms with E-state index in [-0.39, 0.29) is 0 Å². The molecule has 0 aromatic heterocycles. The maximum Gasteiger partial charge on any atom is 0.407 e. The van der Waals surface area contributed by atoms with Gasteiger partial charge in [0.15, 0.2) is 0 Å². The number of hydrogen-bond donors (Lipinski definition) is 1. The summed E-state index contributed by atoms with van der Waals surface area (Å²) in [6, 6.07) is 0. The quantitative estimate of drug-likeness (QED) is 0.556. The molecule has 1 amide bonds. The van der Waals surface area contributed by atoms with E-state index < -0.39 is 6.09 Å². The molecule has 66 valence electrons. The van der Waals surface area contributed by atoms with E-state index in [0.717, 1.165) is 25.9 Å². The van der Waals surface area contributed by atoms with Gasteiger partial charge in [0.25, 0.3) is 0 Å². The molecule has 0 spiro atoms. The predicted molar refractivity (Wildman–Crippen MR) is 45.0 cm³/mol. The van der Waals surface area contributed by atoms with E-state index in [9.17, 15) is 4.79 Å². The van der Waals surface area contributed by atoms with Crippen LogP contribution in [0, 0.1) is 11.8 Å². The van der Waals surface area contributed by atoms with Crippen molar-refractivity contribution in [2.24, 2.45) is 11.8 Å². The number of fused-ring (bicyclic) bond motifs is 1. The Bertz CT molecular complexity index is 221. The number of rotatable bonds is 0. The van der Waals surface area contributed by atoms with Crippen molar-refractivity contribution in [1.82, 2.24) is 4.90 Å². The second-order valence-corrected chi connectivity index (χ2v) is 3.87. The molecule has 1 aliphatic heterocycles. The average molecular weight is 167 g/mol. The molecule has 0 aromatic rings. The first kappa shape index (κ1) is 7.65. The molecule has 1 saturated heterocycles. The predicted octanol–water partition coefficient (Wildman–Crippen LogP) is 1.56. The molecule has 1 saturated carbocycles. The van der Waals surface area contributed by atoms with Gasteiger partial charge in [-0.2, -0.15) is 0 Å². The maximum atomic E-state index is 10.6. The second-order valence-electron chi connectivity index (χ2n) is 3.87. The summed E-state index contributed by atoms with van der Waals surface area (Å²) in [5.74, 6) is 1.13. The summed E-state index contributed by atoms with van der Waals surface area (Å²) >= 11 is 0. The summed E-state index contributed by atoms with van der Waals surface area (Å²) in [5, 5.41) is 8.74. The van der Waals surface area contributed by atoms with Gasteiger partial charge in [0.05, 0.1) is 0 Å². The molecule has 1 N–H and O–H groups in total. The molecule has 2 unspecified atom stereocenters. The van der Waals surface area contributed by atoms with Crippen molar-refractivity contribution in [1.29, 1.82) is 0 Å². The van der Waals surface area contributed by atoms with E-state index in [4.69, 9.17) is 5.11 Å². The van der Waals surface area contributed by atoms with E-state index in [1.807, 2.05) is 0 Å². The topological polar surface area (TPSA) is 40.5 Å². The minimum absolute atomic E-state index is 0.564. The Labute approximate surface area is 71.7 Å². The first-order valence-electron chi connectivity index (χ1n) is 4.31. The molecule has 1 aliphatic carbocycles. The van der Waals surface area contributed by atoms with E-state index in [2.05, 4.69) is 6.58 Å². The Kier molecular flexibility index (Phi) is 1.60. The third-order valence-electron chi connectivity index (χ3n) is 2.95. The number of carbonyl (C=O) groups is 1. The number of likely N-dealkylation sites (tertiary alicyclic amines) is 1. The normalized spacial score (nSPS) is 34.0. The summed E-state index contributed by atoms with van der Waals surface area (Å²) in [6.45, 7) is 5.38. The van der Waals surface area contributed by atoms with Crippen LogP contribution in [0.2, 0.25) is 0 Å². The molecule has 3 heteroatoms. The van der Waals surface area contributed by atoms with Crippen molar-refractivity contribution in [3.05, 3.63) is 12.2 Å². The number of carboxylic acid groups (broad SMARTS) is 1.